The molecule has 16 heteroatoms. The van der Waals surface area contributed by atoms with Crippen LogP contribution in [0.25, 0.3) is 0 Å². The van der Waals surface area contributed by atoms with E-state index in [0.29, 0.717) is 0 Å². The van der Waals surface area contributed by atoms with Gasteiger partial charge in [0, 0.05) is 50.5 Å². The second-order valence-corrected chi connectivity index (χ2v) is 13.2. The third-order valence-corrected chi connectivity index (χ3v) is 10.7. The van der Waals surface area contributed by atoms with Crippen molar-refractivity contribution >= 4 is 29.1 Å². The number of aromatic hydroxyl groups is 2. The lowest BCUT2D eigenvalue weighted by atomic mass is 9.50. The van der Waals surface area contributed by atoms with E-state index in [9.17, 15) is 49.5 Å². The van der Waals surface area contributed by atoms with E-state index in [1.807, 2.05) is 0 Å². The highest BCUT2D eigenvalue weighted by Gasteiger charge is 2.72. The summed E-state index contributed by atoms with van der Waals surface area (Å²) in [5.74, 6) is -7.06. The van der Waals surface area contributed by atoms with Gasteiger partial charge in [-0.1, -0.05) is 6.07 Å². The lowest BCUT2D eigenvalue weighted by Crippen LogP contribution is -2.74. The highest BCUT2D eigenvalue weighted by Crippen LogP contribution is 2.57. The molecule has 0 saturated carbocycles. The van der Waals surface area contributed by atoms with Crippen molar-refractivity contribution in [3.05, 3.63) is 68.4 Å². The van der Waals surface area contributed by atoms with Crippen molar-refractivity contribution in [3.63, 3.8) is 0 Å². The number of esters is 1. The molecule has 278 valence electrons. The Bertz CT molecular complexity index is 1950. The van der Waals surface area contributed by atoms with Crippen LogP contribution < -0.4 is 5.32 Å². The maximum absolute atomic E-state index is 15.0. The number of ether oxygens (including phenoxy) is 5. The van der Waals surface area contributed by atoms with E-state index in [0.717, 1.165) is 19.3 Å². The van der Waals surface area contributed by atoms with Gasteiger partial charge in [-0.15, -0.1) is 0 Å². The van der Waals surface area contributed by atoms with Crippen molar-refractivity contribution in [1.29, 1.82) is 0 Å². The maximum atomic E-state index is 15.0. The van der Waals surface area contributed by atoms with Gasteiger partial charge in [-0.25, -0.2) is 4.79 Å². The van der Waals surface area contributed by atoms with Gasteiger partial charge in [0.1, 0.15) is 40.8 Å². The highest BCUT2D eigenvalue weighted by molar-refractivity contribution is 6.31. The van der Waals surface area contributed by atoms with Crippen LogP contribution in [0, 0.1) is 6.92 Å². The minimum Gasteiger partial charge on any atom is -0.507 e. The zero-order valence-electron chi connectivity index (χ0n) is 29.1. The van der Waals surface area contributed by atoms with E-state index < -0.39 is 124 Å². The van der Waals surface area contributed by atoms with Crippen molar-refractivity contribution in [2.45, 2.75) is 75.0 Å². The van der Waals surface area contributed by atoms with E-state index in [4.69, 9.17) is 23.7 Å². The van der Waals surface area contributed by atoms with Gasteiger partial charge in [0.2, 0.25) is 11.6 Å². The number of rotatable bonds is 8. The summed E-state index contributed by atoms with van der Waals surface area (Å²) in [7, 11) is 3.66. The van der Waals surface area contributed by atoms with E-state index in [2.05, 4.69) is 5.32 Å². The Kier molecular flexibility index (Phi) is 9.40. The van der Waals surface area contributed by atoms with Gasteiger partial charge in [0.05, 0.1) is 42.2 Å². The first-order valence-electron chi connectivity index (χ1n) is 16.5. The van der Waals surface area contributed by atoms with Gasteiger partial charge in [0.15, 0.2) is 23.4 Å². The zero-order valence-corrected chi connectivity index (χ0v) is 29.1. The van der Waals surface area contributed by atoms with Crippen LogP contribution in [-0.2, 0) is 35.5 Å². The summed E-state index contributed by atoms with van der Waals surface area (Å²) in [6.45, 7) is 3.32. The van der Waals surface area contributed by atoms with Crippen LogP contribution in [0.4, 0.5) is 0 Å². The third kappa shape index (κ3) is 4.75. The van der Waals surface area contributed by atoms with Gasteiger partial charge < -0.3 is 54.5 Å². The van der Waals surface area contributed by atoms with Crippen molar-refractivity contribution in [1.82, 2.24) is 5.32 Å². The summed E-state index contributed by atoms with van der Waals surface area (Å²) in [6.07, 6.45) is -6.37. The standard InChI is InChI=1S/C36H39NO15/c1-7-51-34(47)21-13(2)8-15-9-20(40)36(50-6)32(46)23-17(31(45)35(36,12-38)24(15)27(21)43)10-16-22(26(23)42)19(39)11-18(25(16)41)37-33-30(49-5)28(44)29(48-4)14(3)52-33/h8,10-11,14,20,28-30,33,37-38,40,42-44H,7,9,12H2,1-6H3/t14-,20+,28+,29-,30+,33-,35?,36?/m0/s1. The summed E-state index contributed by atoms with van der Waals surface area (Å²) in [5.41, 5.74) is -8.61. The fraction of sp³-hybridized carbons (Fsp3) is 0.472. The van der Waals surface area contributed by atoms with E-state index in [1.54, 1.807) is 13.8 Å². The number of benzene rings is 2. The number of carbonyl (C=O) groups excluding carboxylic acids is 5. The van der Waals surface area contributed by atoms with E-state index >= 15 is 0 Å². The molecule has 6 rings (SSSR count). The molecule has 0 spiro atoms. The molecule has 2 unspecified atom stereocenters. The molecule has 2 aromatic carbocycles. The first kappa shape index (κ1) is 37.2. The summed E-state index contributed by atoms with van der Waals surface area (Å²) in [5, 5.41) is 59.7. The molecule has 52 heavy (non-hydrogen) atoms. The van der Waals surface area contributed by atoms with Crippen molar-refractivity contribution in [2.24, 2.45) is 0 Å². The normalized spacial score (nSPS) is 30.9. The number of hydrogen-bond donors (Lipinski definition) is 6. The Morgan fingerprint density at radius 1 is 0.981 bits per heavy atom. The topological polar surface area (TPSA) is 245 Å². The number of allylic oxidation sites excluding steroid dienone is 2. The number of aliphatic hydroxyl groups excluding tert-OH is 3. The van der Waals surface area contributed by atoms with Gasteiger partial charge in [-0.05, 0) is 38.0 Å². The smallest absolute Gasteiger partial charge is 0.342 e. The average molecular weight is 726 g/mol. The molecule has 1 saturated heterocycles. The molecule has 6 N–H and O–H groups in total. The number of methoxy groups -OCH3 is 3. The summed E-state index contributed by atoms with van der Waals surface area (Å²) >= 11 is 0. The van der Waals surface area contributed by atoms with Crippen molar-refractivity contribution < 1.29 is 73.2 Å². The van der Waals surface area contributed by atoms with Crippen LogP contribution in [0.1, 0.15) is 82.3 Å². The third-order valence-electron chi connectivity index (χ3n) is 10.7. The predicted molar refractivity (Wildman–Crippen MR) is 176 cm³/mol. The monoisotopic (exact) mass is 725 g/mol. The molecule has 0 amide bonds. The number of nitrogens with one attached hydrogen (secondary N) is 1. The number of Topliss-reactive ketones (excluding diaryl/α,β-unsaturated/α-hetero) is 3. The Labute approximate surface area is 296 Å². The zero-order chi connectivity index (χ0) is 38.2. The van der Waals surface area contributed by atoms with Gasteiger partial charge >= 0.3 is 5.97 Å². The summed E-state index contributed by atoms with van der Waals surface area (Å²) in [4.78, 5) is 70.3. The second kappa shape index (κ2) is 13.1. The number of aliphatic hydroxyl groups is 3. The molecular formula is C36H39NO15. The largest absolute Gasteiger partial charge is 0.507 e. The van der Waals surface area contributed by atoms with Crippen LogP contribution in [0.2, 0.25) is 0 Å². The molecule has 2 aromatic rings. The SMILES string of the molecule is CCOC(=O)c1c(C)cc2c(c1O)C1(CO)C(=O)c3cc4c(c(O)c3C(=O)C1(OC)[C@H](O)C2)C(=O)C=C(N[C@H]1O[C@@H](C)[C@H](OC)[C@@H](O)[C@H]1OC)C4=O. The lowest BCUT2D eigenvalue weighted by Gasteiger charge is -2.55. The van der Waals surface area contributed by atoms with Gasteiger partial charge in [-0.2, -0.15) is 0 Å². The second-order valence-electron chi connectivity index (χ2n) is 13.2. The number of phenols is 2. The lowest BCUT2D eigenvalue weighted by molar-refractivity contribution is -0.236. The van der Waals surface area contributed by atoms with Crippen LogP contribution >= 0.6 is 0 Å². The molecule has 0 aromatic heterocycles. The molecule has 1 fully saturated rings. The molecular weight excluding hydrogens is 686 g/mol. The Hall–Kier alpha value is -4.55. The summed E-state index contributed by atoms with van der Waals surface area (Å²) < 4.78 is 27.4. The minimum atomic E-state index is -2.70. The molecule has 8 atom stereocenters. The fourth-order valence-corrected chi connectivity index (χ4v) is 8.42. The highest BCUT2D eigenvalue weighted by atomic mass is 16.6. The number of fused-ring (bicyclic) bond motifs is 5. The van der Waals surface area contributed by atoms with E-state index in [1.165, 1.54) is 27.2 Å². The van der Waals surface area contributed by atoms with E-state index in [-0.39, 0.29) is 34.6 Å². The number of carbonyl (C=O) groups is 5. The number of ketones is 4. The minimum absolute atomic E-state index is 0.0693. The number of aryl methyl sites for hydroxylation is 1. The van der Waals surface area contributed by atoms with Crippen molar-refractivity contribution in [2.75, 3.05) is 34.5 Å². The average Bonchev–Trinajstić information content (AvgIpc) is 3.08. The van der Waals surface area contributed by atoms with Crippen LogP contribution in [-0.4, -0.2) is 132 Å². The van der Waals surface area contributed by atoms with Crippen molar-refractivity contribution in [3.8, 4) is 11.5 Å². The predicted octanol–water partition coefficient (Wildman–Crippen LogP) is 0.183. The number of hydrogen-bond acceptors (Lipinski definition) is 16. The molecule has 1 aliphatic heterocycles. The Balaban J connectivity index is 1.53. The van der Waals surface area contributed by atoms with Gasteiger partial charge in [0.25, 0.3) is 0 Å². The Morgan fingerprint density at radius 2 is 1.65 bits per heavy atom. The van der Waals surface area contributed by atoms with Crippen LogP contribution in [0.3, 0.4) is 0 Å². The fourth-order valence-electron chi connectivity index (χ4n) is 8.42. The molecule has 0 bridgehead atoms. The Morgan fingerprint density at radius 3 is 2.25 bits per heavy atom. The van der Waals surface area contributed by atoms with Crippen LogP contribution in [0.15, 0.2) is 23.9 Å². The quantitative estimate of drug-likeness (QED) is 0.199. The maximum Gasteiger partial charge on any atom is 0.342 e. The number of phenolic OH excluding ortho intramolecular Hbond substituents is 2. The first-order chi connectivity index (χ1) is 24.6. The van der Waals surface area contributed by atoms with Crippen LogP contribution in [0.5, 0.6) is 11.5 Å². The molecule has 1 heterocycles. The molecule has 16 nitrogen and oxygen atoms in total. The van der Waals surface area contributed by atoms with Gasteiger partial charge in [-0.3, -0.25) is 19.2 Å². The summed E-state index contributed by atoms with van der Waals surface area (Å²) in [6, 6.07) is 2.33. The molecule has 0 radical (unpaired) electrons. The molecule has 4 aliphatic rings. The molecule has 3 aliphatic carbocycles. The first-order valence-corrected chi connectivity index (χ1v) is 16.5.